The first kappa shape index (κ1) is 23.2. The Hall–Kier alpha value is -3.43. The highest BCUT2D eigenvalue weighted by Gasteiger charge is 2.41. The van der Waals surface area contributed by atoms with Gasteiger partial charge >= 0.3 is 0 Å². The summed E-state index contributed by atoms with van der Waals surface area (Å²) >= 11 is 0. The van der Waals surface area contributed by atoms with E-state index in [1.54, 1.807) is 24.3 Å². The molecule has 2 N–H and O–H groups in total. The Balaban J connectivity index is 2.03. The van der Waals surface area contributed by atoms with Crippen molar-refractivity contribution in [1.29, 1.82) is 10.5 Å². The van der Waals surface area contributed by atoms with Crippen LogP contribution in [0.4, 0.5) is 5.69 Å². The molecule has 0 bridgehead atoms. The summed E-state index contributed by atoms with van der Waals surface area (Å²) in [5.74, 6) is 0. The standard InChI is InChI=1S/C24H23N3O4S/c1-17-14-20(27(10-12-28)11-13-29)8-6-18(17)7-9-23-24(19(15-25)16-26)21-4-2-3-5-22(21)32(23,30)31/h2-9,14,23,28-29H,10-13H2,1H3/b9-7+. The molecule has 0 radical (unpaired) electrons. The van der Waals surface area contributed by atoms with Crippen LogP contribution in [0.3, 0.4) is 0 Å². The van der Waals surface area contributed by atoms with Crippen LogP contribution in [-0.2, 0) is 9.84 Å². The Morgan fingerprint density at radius 3 is 2.34 bits per heavy atom. The number of nitriles is 2. The number of sulfone groups is 1. The van der Waals surface area contributed by atoms with Crippen molar-refractivity contribution in [2.24, 2.45) is 0 Å². The van der Waals surface area contributed by atoms with Crippen molar-refractivity contribution >= 4 is 27.2 Å². The lowest BCUT2D eigenvalue weighted by Gasteiger charge is -2.23. The molecule has 3 rings (SSSR count). The van der Waals surface area contributed by atoms with Crippen LogP contribution in [0.2, 0.25) is 0 Å². The fraction of sp³-hybridized carbons (Fsp3) is 0.250. The van der Waals surface area contributed by atoms with E-state index in [1.165, 1.54) is 12.1 Å². The van der Waals surface area contributed by atoms with Crippen LogP contribution < -0.4 is 4.90 Å². The molecule has 2 aromatic rings. The van der Waals surface area contributed by atoms with Gasteiger partial charge in [0.15, 0.2) is 9.84 Å². The topological polar surface area (TPSA) is 125 Å². The fourth-order valence-corrected chi connectivity index (χ4v) is 5.72. The number of allylic oxidation sites excluding steroid dienone is 1. The third kappa shape index (κ3) is 4.30. The van der Waals surface area contributed by atoms with E-state index in [9.17, 15) is 29.2 Å². The van der Waals surface area contributed by atoms with Gasteiger partial charge in [0.1, 0.15) is 23.0 Å². The molecule has 2 aromatic carbocycles. The van der Waals surface area contributed by atoms with Gasteiger partial charge in [-0.15, -0.1) is 0 Å². The van der Waals surface area contributed by atoms with Crippen molar-refractivity contribution in [3.8, 4) is 12.1 Å². The number of aryl methyl sites for hydroxylation is 1. The predicted octanol–water partition coefficient (Wildman–Crippen LogP) is 2.46. The number of anilines is 1. The van der Waals surface area contributed by atoms with Crippen LogP contribution in [0.5, 0.6) is 0 Å². The van der Waals surface area contributed by atoms with Gasteiger partial charge in [-0.25, -0.2) is 8.42 Å². The van der Waals surface area contributed by atoms with E-state index in [-0.39, 0.29) is 29.3 Å². The first-order valence-corrected chi connectivity index (χ1v) is 11.6. The van der Waals surface area contributed by atoms with Crippen molar-refractivity contribution in [2.75, 3.05) is 31.2 Å². The van der Waals surface area contributed by atoms with Gasteiger partial charge in [-0.05, 0) is 41.8 Å². The molecule has 0 saturated carbocycles. The Kier molecular flexibility index (Phi) is 7.12. The van der Waals surface area contributed by atoms with E-state index in [1.807, 2.05) is 42.2 Å². The molecule has 1 atom stereocenters. The second kappa shape index (κ2) is 9.80. The molecule has 0 amide bonds. The zero-order valence-corrected chi connectivity index (χ0v) is 18.4. The van der Waals surface area contributed by atoms with Crippen molar-refractivity contribution in [2.45, 2.75) is 17.1 Å². The van der Waals surface area contributed by atoms with Gasteiger partial charge < -0.3 is 15.1 Å². The first-order valence-electron chi connectivity index (χ1n) is 10.0. The summed E-state index contributed by atoms with van der Waals surface area (Å²) in [5, 5.41) is 36.2. The average molecular weight is 450 g/mol. The summed E-state index contributed by atoms with van der Waals surface area (Å²) in [6.07, 6.45) is 3.20. The van der Waals surface area contributed by atoms with Crippen LogP contribution in [0.1, 0.15) is 16.7 Å². The lowest BCUT2D eigenvalue weighted by atomic mass is 9.97. The maximum absolute atomic E-state index is 13.2. The van der Waals surface area contributed by atoms with Gasteiger partial charge in [-0.1, -0.05) is 36.4 Å². The first-order chi connectivity index (χ1) is 15.4. The molecule has 1 aliphatic rings. The smallest absolute Gasteiger partial charge is 0.189 e. The van der Waals surface area contributed by atoms with Crippen molar-refractivity contribution in [1.82, 2.24) is 0 Å². The average Bonchev–Trinajstić information content (AvgIpc) is 3.01. The van der Waals surface area contributed by atoms with Crippen molar-refractivity contribution in [3.05, 3.63) is 70.8 Å². The Morgan fingerprint density at radius 2 is 1.75 bits per heavy atom. The monoisotopic (exact) mass is 449 g/mol. The molecule has 0 fully saturated rings. The number of aliphatic hydroxyl groups is 2. The lowest BCUT2D eigenvalue weighted by Crippen LogP contribution is -2.29. The van der Waals surface area contributed by atoms with E-state index in [4.69, 9.17) is 0 Å². The van der Waals surface area contributed by atoms with E-state index < -0.39 is 15.1 Å². The van der Waals surface area contributed by atoms with E-state index in [0.717, 1.165) is 16.8 Å². The molecule has 1 heterocycles. The highest BCUT2D eigenvalue weighted by Crippen LogP contribution is 2.42. The van der Waals surface area contributed by atoms with Crippen molar-refractivity contribution in [3.63, 3.8) is 0 Å². The third-order valence-electron chi connectivity index (χ3n) is 5.40. The molecule has 0 spiro atoms. The normalized spacial score (nSPS) is 16.4. The quantitative estimate of drug-likeness (QED) is 0.622. The number of rotatable bonds is 7. The number of hydrogen-bond acceptors (Lipinski definition) is 7. The van der Waals surface area contributed by atoms with Crippen LogP contribution in [0.15, 0.2) is 59.0 Å². The lowest BCUT2D eigenvalue weighted by molar-refractivity contribution is 0.281. The zero-order chi connectivity index (χ0) is 23.3. The molecule has 0 aliphatic carbocycles. The number of nitrogens with zero attached hydrogens (tertiary/aromatic N) is 3. The number of hydrogen-bond donors (Lipinski definition) is 2. The highest BCUT2D eigenvalue weighted by atomic mass is 32.2. The van der Waals surface area contributed by atoms with Gasteiger partial charge in [0.2, 0.25) is 0 Å². The molecular weight excluding hydrogens is 426 g/mol. The Labute approximate surface area is 187 Å². The van der Waals surface area contributed by atoms with E-state index >= 15 is 0 Å². The molecule has 0 saturated heterocycles. The second-order valence-corrected chi connectivity index (χ2v) is 9.35. The van der Waals surface area contributed by atoms with Crippen LogP contribution in [0, 0.1) is 29.6 Å². The number of benzene rings is 2. The van der Waals surface area contributed by atoms with Gasteiger partial charge in [0, 0.05) is 24.4 Å². The predicted molar refractivity (Wildman–Crippen MR) is 122 cm³/mol. The minimum atomic E-state index is -3.79. The molecule has 164 valence electrons. The highest BCUT2D eigenvalue weighted by molar-refractivity contribution is 7.93. The summed E-state index contributed by atoms with van der Waals surface area (Å²) in [6, 6.07) is 15.6. The molecule has 0 aromatic heterocycles. The minimum Gasteiger partial charge on any atom is -0.395 e. The fourth-order valence-electron chi connectivity index (χ4n) is 3.85. The summed E-state index contributed by atoms with van der Waals surface area (Å²) < 4.78 is 26.3. The van der Waals surface area contributed by atoms with Crippen LogP contribution in [0.25, 0.3) is 11.6 Å². The maximum Gasteiger partial charge on any atom is 0.189 e. The zero-order valence-electron chi connectivity index (χ0n) is 17.6. The van der Waals surface area contributed by atoms with Gasteiger partial charge in [-0.3, -0.25) is 0 Å². The summed E-state index contributed by atoms with van der Waals surface area (Å²) in [7, 11) is -3.79. The van der Waals surface area contributed by atoms with Crippen LogP contribution >= 0.6 is 0 Å². The second-order valence-electron chi connectivity index (χ2n) is 7.31. The third-order valence-corrected chi connectivity index (χ3v) is 7.43. The van der Waals surface area contributed by atoms with E-state index in [0.29, 0.717) is 18.7 Å². The van der Waals surface area contributed by atoms with E-state index in [2.05, 4.69) is 0 Å². The number of fused-ring (bicyclic) bond motifs is 1. The van der Waals surface area contributed by atoms with Gasteiger partial charge in [0.05, 0.1) is 18.1 Å². The molecule has 32 heavy (non-hydrogen) atoms. The molecule has 1 unspecified atom stereocenters. The van der Waals surface area contributed by atoms with Gasteiger partial charge in [-0.2, -0.15) is 10.5 Å². The molecular formula is C24H23N3O4S. The number of aliphatic hydroxyl groups excluding tert-OH is 2. The summed E-state index contributed by atoms with van der Waals surface area (Å²) in [4.78, 5) is 1.97. The molecule has 1 aliphatic heterocycles. The van der Waals surface area contributed by atoms with Gasteiger partial charge in [0.25, 0.3) is 0 Å². The Bertz CT molecular complexity index is 1240. The maximum atomic E-state index is 13.2. The van der Waals surface area contributed by atoms with Crippen LogP contribution in [-0.4, -0.2) is 50.2 Å². The minimum absolute atomic E-state index is 0.0456. The summed E-state index contributed by atoms with van der Waals surface area (Å²) in [6.45, 7) is 2.55. The van der Waals surface area contributed by atoms with Crippen molar-refractivity contribution < 1.29 is 18.6 Å². The summed E-state index contributed by atoms with van der Waals surface area (Å²) in [5.41, 5.74) is 2.86. The molecule has 7 nitrogen and oxygen atoms in total. The largest absolute Gasteiger partial charge is 0.395 e. The SMILES string of the molecule is Cc1cc(N(CCO)CCO)ccc1/C=C/C1C(=C(C#N)C#N)c2ccccc2S1(=O)=O. The molecule has 8 heteroatoms. The Morgan fingerprint density at radius 1 is 1.09 bits per heavy atom.